The third-order valence-electron chi connectivity index (χ3n) is 11.4. The number of aromatic nitrogens is 12. The van der Waals surface area contributed by atoms with Crippen LogP contribution in [0.1, 0.15) is 82.0 Å². The first-order valence-corrected chi connectivity index (χ1v) is 22.4. The lowest BCUT2D eigenvalue weighted by Crippen LogP contribution is -2.30. The van der Waals surface area contributed by atoms with Crippen LogP contribution in [0.15, 0.2) is 109 Å². The highest BCUT2D eigenvalue weighted by atomic mass is 16.4. The molecule has 10 rings (SSSR count). The number of hydrogen-bond acceptors (Lipinski definition) is 13. The van der Waals surface area contributed by atoms with Crippen LogP contribution in [0.2, 0.25) is 0 Å². The molecular weight excluding hydrogens is 849 g/mol. The largest absolute Gasteiger partial charge is 0.477 e. The topological polar surface area (TPSA) is 243 Å². The molecular formula is C48H54N16O3. The number of H-pyrrole nitrogens is 2. The SMILES string of the molecule is Cc1cc(C(=O)Nc2ccc(-c3nn[nH]n3)cc2)n(Cc2cccc(N3CCCCC3)n2)c1.Cc1cc(C(=O)O)n(Cc2cccc(N3CCCCC3)n2)c1.Nc1ccc(-c2nn[nH]n2)cc1. The molecule has 0 unspecified atom stereocenters. The number of carbonyl (C=O) groups is 2. The van der Waals surface area contributed by atoms with Gasteiger partial charge in [-0.15, -0.1) is 20.4 Å². The maximum atomic E-state index is 13.1. The molecule has 8 aromatic rings. The molecule has 1 amide bonds. The first-order chi connectivity index (χ1) is 32.6. The Morgan fingerprint density at radius 1 is 0.627 bits per heavy atom. The Morgan fingerprint density at radius 2 is 1.09 bits per heavy atom. The van der Waals surface area contributed by atoms with Crippen molar-refractivity contribution < 1.29 is 14.7 Å². The third-order valence-corrected chi connectivity index (χ3v) is 11.4. The van der Waals surface area contributed by atoms with Crippen LogP contribution in [-0.4, -0.2) is 104 Å². The average molecular weight is 903 g/mol. The summed E-state index contributed by atoms with van der Waals surface area (Å²) in [6.07, 6.45) is 11.3. The highest BCUT2D eigenvalue weighted by Crippen LogP contribution is 2.22. The average Bonchev–Trinajstić information content (AvgIpc) is 4.21. The van der Waals surface area contributed by atoms with Crippen LogP contribution in [0.25, 0.3) is 22.8 Å². The fourth-order valence-electron chi connectivity index (χ4n) is 8.10. The summed E-state index contributed by atoms with van der Waals surface area (Å²) in [7, 11) is 0. The summed E-state index contributed by atoms with van der Waals surface area (Å²) in [6, 6.07) is 30.4. The van der Waals surface area contributed by atoms with Crippen molar-refractivity contribution in [1.29, 1.82) is 0 Å². The summed E-state index contributed by atoms with van der Waals surface area (Å²) in [5.74, 6) is 2.04. The second-order valence-corrected chi connectivity index (χ2v) is 16.6. The second kappa shape index (κ2) is 21.6. The van der Waals surface area contributed by atoms with Crippen LogP contribution in [0.3, 0.4) is 0 Å². The molecule has 2 fully saturated rings. The lowest BCUT2D eigenvalue weighted by atomic mass is 10.1. The Balaban J connectivity index is 0.000000153. The van der Waals surface area contributed by atoms with Crippen LogP contribution in [0.4, 0.5) is 23.0 Å². The van der Waals surface area contributed by atoms with Gasteiger partial charge in [0.05, 0.1) is 24.5 Å². The number of rotatable bonds is 11. The Morgan fingerprint density at radius 3 is 1.55 bits per heavy atom. The number of carbonyl (C=O) groups excluding carboxylic acids is 1. The Kier molecular flexibility index (Phi) is 14.6. The smallest absolute Gasteiger partial charge is 0.352 e. The van der Waals surface area contributed by atoms with Gasteiger partial charge in [0.2, 0.25) is 11.6 Å². The molecule has 2 aromatic carbocycles. The number of nitrogens with one attached hydrogen (secondary N) is 3. The second-order valence-electron chi connectivity index (χ2n) is 16.6. The van der Waals surface area contributed by atoms with E-state index in [0.717, 1.165) is 77.1 Å². The molecule has 67 heavy (non-hydrogen) atoms. The molecule has 344 valence electrons. The number of anilines is 4. The van der Waals surface area contributed by atoms with E-state index >= 15 is 0 Å². The fraction of sp³-hybridized carbons (Fsp3) is 0.292. The number of aromatic amines is 2. The minimum Gasteiger partial charge on any atom is -0.477 e. The van der Waals surface area contributed by atoms with E-state index in [-0.39, 0.29) is 5.91 Å². The molecule has 0 bridgehead atoms. The zero-order chi connectivity index (χ0) is 46.5. The van der Waals surface area contributed by atoms with Crippen molar-refractivity contribution in [1.82, 2.24) is 60.4 Å². The van der Waals surface area contributed by atoms with Gasteiger partial charge in [0, 0.05) is 61.1 Å². The van der Waals surface area contributed by atoms with E-state index in [4.69, 9.17) is 15.7 Å². The number of nitrogens with zero attached hydrogens (tertiary/aromatic N) is 12. The maximum Gasteiger partial charge on any atom is 0.352 e. The van der Waals surface area contributed by atoms with E-state index < -0.39 is 5.97 Å². The van der Waals surface area contributed by atoms with Gasteiger partial charge in [0.25, 0.3) is 5.91 Å². The number of piperidine rings is 2. The predicted molar refractivity (Wildman–Crippen MR) is 256 cm³/mol. The monoisotopic (exact) mass is 902 g/mol. The summed E-state index contributed by atoms with van der Waals surface area (Å²) in [5, 5.41) is 39.7. The Bertz CT molecular complexity index is 2830. The van der Waals surface area contributed by atoms with Gasteiger partial charge in [0.1, 0.15) is 23.0 Å². The molecule has 19 nitrogen and oxygen atoms in total. The fourth-order valence-corrected chi connectivity index (χ4v) is 8.10. The molecule has 0 aliphatic carbocycles. The van der Waals surface area contributed by atoms with E-state index in [1.165, 1.54) is 38.5 Å². The summed E-state index contributed by atoms with van der Waals surface area (Å²) < 4.78 is 3.71. The van der Waals surface area contributed by atoms with Crippen LogP contribution in [0.5, 0.6) is 0 Å². The number of amides is 1. The molecule has 0 saturated carbocycles. The van der Waals surface area contributed by atoms with Crippen molar-refractivity contribution in [3.63, 3.8) is 0 Å². The predicted octanol–water partition coefficient (Wildman–Crippen LogP) is 7.04. The van der Waals surface area contributed by atoms with Crippen molar-refractivity contribution in [3.8, 4) is 22.8 Å². The molecule has 2 saturated heterocycles. The van der Waals surface area contributed by atoms with Crippen LogP contribution >= 0.6 is 0 Å². The zero-order valence-electron chi connectivity index (χ0n) is 37.6. The quantitative estimate of drug-likeness (QED) is 0.0818. The summed E-state index contributed by atoms with van der Waals surface area (Å²) in [5.41, 5.74) is 13.4. The highest BCUT2D eigenvalue weighted by Gasteiger charge is 2.18. The molecule has 2 aliphatic heterocycles. The molecule has 6 aromatic heterocycles. The molecule has 0 atom stereocenters. The zero-order valence-corrected chi connectivity index (χ0v) is 37.6. The van der Waals surface area contributed by atoms with Crippen molar-refractivity contribution in [3.05, 3.63) is 143 Å². The third kappa shape index (κ3) is 12.1. The summed E-state index contributed by atoms with van der Waals surface area (Å²) in [6.45, 7) is 9.13. The first-order valence-electron chi connectivity index (χ1n) is 22.4. The van der Waals surface area contributed by atoms with Crippen LogP contribution in [-0.2, 0) is 13.1 Å². The highest BCUT2D eigenvalue weighted by molar-refractivity contribution is 6.03. The van der Waals surface area contributed by atoms with Crippen LogP contribution < -0.4 is 20.9 Å². The van der Waals surface area contributed by atoms with Crippen molar-refractivity contribution in [2.45, 2.75) is 65.5 Å². The Labute approximate surface area is 387 Å². The molecule has 0 radical (unpaired) electrons. The number of pyridine rings is 2. The van der Waals surface area contributed by atoms with Gasteiger partial charge in [-0.2, -0.15) is 10.4 Å². The number of nitrogens with two attached hydrogens (primary N) is 1. The number of nitrogen functional groups attached to an aromatic ring is 1. The number of tetrazole rings is 2. The molecule has 8 heterocycles. The van der Waals surface area contributed by atoms with E-state index in [1.807, 2.05) is 104 Å². The van der Waals surface area contributed by atoms with Gasteiger partial charge in [-0.1, -0.05) is 12.1 Å². The number of hydrogen-bond donors (Lipinski definition) is 5. The lowest BCUT2D eigenvalue weighted by Gasteiger charge is -2.28. The number of benzene rings is 2. The minimum atomic E-state index is -0.903. The molecule has 6 N–H and O–H groups in total. The van der Waals surface area contributed by atoms with E-state index in [0.29, 0.717) is 41.8 Å². The van der Waals surface area contributed by atoms with Crippen molar-refractivity contribution in [2.24, 2.45) is 0 Å². The number of aryl methyl sites for hydroxylation is 2. The molecule has 2 aliphatic rings. The van der Waals surface area contributed by atoms with Gasteiger partial charge in [0.15, 0.2) is 0 Å². The van der Waals surface area contributed by atoms with Crippen LogP contribution in [0, 0.1) is 13.8 Å². The van der Waals surface area contributed by atoms with E-state index in [9.17, 15) is 14.7 Å². The lowest BCUT2D eigenvalue weighted by molar-refractivity contribution is 0.0685. The van der Waals surface area contributed by atoms with Gasteiger partial charge in [-0.25, -0.2) is 14.8 Å². The van der Waals surface area contributed by atoms with E-state index in [1.54, 1.807) is 22.8 Å². The normalized spacial score (nSPS) is 13.5. The number of aromatic carboxylic acids is 1. The van der Waals surface area contributed by atoms with Gasteiger partial charge in [-0.05, 0) is 159 Å². The van der Waals surface area contributed by atoms with Gasteiger partial charge in [-0.3, -0.25) is 4.79 Å². The summed E-state index contributed by atoms with van der Waals surface area (Å²) >= 11 is 0. The van der Waals surface area contributed by atoms with E-state index in [2.05, 4.69) is 62.4 Å². The van der Waals surface area contributed by atoms with Gasteiger partial charge >= 0.3 is 5.97 Å². The maximum absolute atomic E-state index is 13.1. The summed E-state index contributed by atoms with van der Waals surface area (Å²) in [4.78, 5) is 38.6. The van der Waals surface area contributed by atoms with Gasteiger partial charge < -0.3 is 35.1 Å². The number of carboxylic acid groups (broad SMARTS) is 1. The molecule has 0 spiro atoms. The first kappa shape index (κ1) is 45.4. The van der Waals surface area contributed by atoms with Crippen molar-refractivity contribution >= 4 is 34.9 Å². The minimum absolute atomic E-state index is 0.164. The standard InChI is InChI=1S/C24H26N8O.C17H21N3O2.C7H7N5/c1-17-14-21(24(33)26-19-10-8-18(9-11-19)23-27-29-30-28-23)32(15-17)16-20-6-5-7-22(25-20)31-12-3-2-4-13-31;1-13-10-15(17(21)22)20(11-13)12-14-6-5-7-16(18-14)19-8-3-2-4-9-19;8-6-3-1-5(2-4-6)7-9-11-12-10-7/h5-11,14-15H,2-4,12-13,16H2,1H3,(H,26,33)(H,27,28,29,30);5-7,10-11H,2-4,8-9,12H2,1H3,(H,21,22);1-4H,8H2,(H,9,10,11,12). The van der Waals surface area contributed by atoms with Crippen molar-refractivity contribution in [2.75, 3.05) is 47.0 Å². The molecule has 19 heteroatoms. The number of carboxylic acids is 1. The Hall–Kier alpha value is -8.22.